The molecule has 3 aromatic rings. The third-order valence-electron chi connectivity index (χ3n) is 4.99. The van der Waals surface area contributed by atoms with Gasteiger partial charge in [-0.15, -0.1) is 0 Å². The Kier molecular flexibility index (Phi) is 6.30. The van der Waals surface area contributed by atoms with Crippen molar-refractivity contribution in [2.24, 2.45) is 0 Å². The van der Waals surface area contributed by atoms with Crippen LogP contribution >= 0.6 is 11.6 Å². The molecule has 1 amide bonds. The van der Waals surface area contributed by atoms with Crippen molar-refractivity contribution < 1.29 is 13.9 Å². The maximum Gasteiger partial charge on any atom is 0.274 e. The molecule has 0 aliphatic carbocycles. The van der Waals surface area contributed by atoms with E-state index in [4.69, 9.17) is 16.3 Å². The van der Waals surface area contributed by atoms with Gasteiger partial charge in [-0.3, -0.25) is 9.69 Å². The molecule has 2 aromatic carbocycles. The summed E-state index contributed by atoms with van der Waals surface area (Å²) in [5.74, 6) is 0.135. The summed E-state index contributed by atoms with van der Waals surface area (Å²) >= 11 is 6.06. The summed E-state index contributed by atoms with van der Waals surface area (Å²) in [6, 6.07) is 15.3. The summed E-state index contributed by atoms with van der Waals surface area (Å²) in [7, 11) is 0. The van der Waals surface area contributed by atoms with E-state index in [1.54, 1.807) is 29.1 Å². The zero-order valence-corrected chi connectivity index (χ0v) is 17.1. The number of carbonyl (C=O) groups is 1. The van der Waals surface area contributed by atoms with E-state index in [-0.39, 0.29) is 18.5 Å². The Bertz CT molecular complexity index is 1000. The Morgan fingerprint density at radius 2 is 1.83 bits per heavy atom. The highest BCUT2D eigenvalue weighted by Crippen LogP contribution is 2.15. The van der Waals surface area contributed by atoms with E-state index >= 15 is 0 Å². The van der Waals surface area contributed by atoms with Gasteiger partial charge in [-0.05, 0) is 48.0 Å². The fourth-order valence-electron chi connectivity index (χ4n) is 3.38. The summed E-state index contributed by atoms with van der Waals surface area (Å²) in [4.78, 5) is 16.9. The maximum atomic E-state index is 12.9. The largest absolute Gasteiger partial charge is 0.471 e. The second kappa shape index (κ2) is 9.28. The van der Waals surface area contributed by atoms with Gasteiger partial charge >= 0.3 is 0 Å². The third-order valence-corrected chi connectivity index (χ3v) is 5.23. The van der Waals surface area contributed by atoms with Crippen LogP contribution < -0.4 is 4.74 Å². The van der Waals surface area contributed by atoms with Gasteiger partial charge in [-0.2, -0.15) is 5.10 Å². The second-order valence-electron chi connectivity index (χ2n) is 7.17. The van der Waals surface area contributed by atoms with Gasteiger partial charge in [0.25, 0.3) is 5.91 Å². The van der Waals surface area contributed by atoms with Crippen molar-refractivity contribution in [3.8, 4) is 5.75 Å². The first-order valence-corrected chi connectivity index (χ1v) is 10.1. The molecular formula is C22H22ClFN4O2. The van der Waals surface area contributed by atoms with Crippen LogP contribution in [-0.2, 0) is 13.3 Å². The fraction of sp³-hybridized carbons (Fsp3) is 0.273. The van der Waals surface area contributed by atoms with Crippen molar-refractivity contribution in [2.45, 2.75) is 13.3 Å². The van der Waals surface area contributed by atoms with Crippen molar-refractivity contribution in [2.75, 3.05) is 26.2 Å². The lowest BCUT2D eigenvalue weighted by atomic mass is 10.2. The lowest BCUT2D eigenvalue weighted by molar-refractivity contribution is 0.0621. The number of benzene rings is 2. The Hall–Kier alpha value is -2.90. The van der Waals surface area contributed by atoms with E-state index < -0.39 is 0 Å². The molecule has 1 saturated heterocycles. The number of amides is 1. The van der Waals surface area contributed by atoms with Gasteiger partial charge in [0.15, 0.2) is 12.4 Å². The Balaban J connectivity index is 1.27. The summed E-state index contributed by atoms with van der Waals surface area (Å²) in [5.41, 5.74) is 1.56. The van der Waals surface area contributed by atoms with E-state index in [2.05, 4.69) is 16.1 Å². The smallest absolute Gasteiger partial charge is 0.274 e. The number of hydrogen-bond donors (Lipinski definition) is 0. The topological polar surface area (TPSA) is 50.6 Å². The molecular weight excluding hydrogens is 407 g/mol. The number of aromatic nitrogens is 2. The fourth-order valence-corrected chi connectivity index (χ4v) is 3.60. The molecule has 0 spiro atoms. The van der Waals surface area contributed by atoms with Crippen LogP contribution in [0.25, 0.3) is 0 Å². The second-order valence-corrected chi connectivity index (χ2v) is 7.60. The van der Waals surface area contributed by atoms with Gasteiger partial charge < -0.3 is 9.64 Å². The van der Waals surface area contributed by atoms with Gasteiger partial charge in [-0.25, -0.2) is 9.07 Å². The number of carbonyl (C=O) groups excluding carboxylic acids is 1. The molecule has 8 heteroatoms. The van der Waals surface area contributed by atoms with Crippen LogP contribution in [0.15, 0.2) is 60.8 Å². The minimum Gasteiger partial charge on any atom is -0.471 e. The van der Waals surface area contributed by atoms with Gasteiger partial charge in [0, 0.05) is 43.9 Å². The van der Waals surface area contributed by atoms with Crippen LogP contribution in [0, 0.1) is 5.82 Å². The molecule has 1 aliphatic heterocycles. The number of rotatable bonds is 6. The summed E-state index contributed by atoms with van der Waals surface area (Å²) < 4.78 is 20.0. The zero-order chi connectivity index (χ0) is 20.9. The van der Waals surface area contributed by atoms with Crippen molar-refractivity contribution in [3.05, 3.63) is 82.9 Å². The number of halogens is 2. The molecule has 0 N–H and O–H groups in total. The molecule has 0 radical (unpaired) electrons. The van der Waals surface area contributed by atoms with E-state index in [0.717, 1.165) is 24.7 Å². The summed E-state index contributed by atoms with van der Waals surface area (Å²) in [6.07, 6.45) is 1.70. The molecule has 0 saturated carbocycles. The van der Waals surface area contributed by atoms with E-state index in [0.29, 0.717) is 24.5 Å². The van der Waals surface area contributed by atoms with Crippen molar-refractivity contribution >= 4 is 17.5 Å². The molecule has 1 fully saturated rings. The average molecular weight is 429 g/mol. The summed E-state index contributed by atoms with van der Waals surface area (Å²) in [6.45, 7) is 3.86. The van der Waals surface area contributed by atoms with Gasteiger partial charge in [0.05, 0.1) is 0 Å². The predicted molar refractivity (Wildman–Crippen MR) is 112 cm³/mol. The van der Waals surface area contributed by atoms with Crippen LogP contribution in [-0.4, -0.2) is 51.7 Å². The normalized spacial score (nSPS) is 14.7. The molecule has 6 nitrogen and oxygen atoms in total. The van der Waals surface area contributed by atoms with E-state index in [1.807, 2.05) is 23.1 Å². The number of hydrogen-bond acceptors (Lipinski definition) is 4. The Morgan fingerprint density at radius 1 is 1.07 bits per heavy atom. The lowest BCUT2D eigenvalue weighted by Gasteiger charge is -2.34. The summed E-state index contributed by atoms with van der Waals surface area (Å²) in [5, 5.41) is 5.05. The van der Waals surface area contributed by atoms with E-state index in [9.17, 15) is 9.18 Å². The third kappa shape index (κ3) is 5.17. The monoisotopic (exact) mass is 428 g/mol. The quantitative estimate of drug-likeness (QED) is 0.601. The molecule has 1 aromatic heterocycles. The average Bonchev–Trinajstić information content (AvgIpc) is 3.22. The van der Waals surface area contributed by atoms with Crippen LogP contribution in [0.2, 0.25) is 5.02 Å². The molecule has 2 heterocycles. The zero-order valence-electron chi connectivity index (χ0n) is 16.4. The molecule has 30 heavy (non-hydrogen) atoms. The molecule has 0 unspecified atom stereocenters. The molecule has 156 valence electrons. The van der Waals surface area contributed by atoms with Crippen molar-refractivity contribution in [1.29, 1.82) is 0 Å². The van der Waals surface area contributed by atoms with Crippen LogP contribution in [0.1, 0.15) is 16.1 Å². The van der Waals surface area contributed by atoms with Gasteiger partial charge in [-0.1, -0.05) is 23.7 Å². The van der Waals surface area contributed by atoms with E-state index in [1.165, 1.54) is 17.7 Å². The minimum absolute atomic E-state index is 0.0852. The number of piperazine rings is 1. The first-order valence-electron chi connectivity index (χ1n) is 9.75. The van der Waals surface area contributed by atoms with Gasteiger partial charge in [0.1, 0.15) is 11.6 Å². The Morgan fingerprint density at radius 3 is 2.57 bits per heavy atom. The van der Waals surface area contributed by atoms with Gasteiger partial charge in [0.2, 0.25) is 0 Å². The van der Waals surface area contributed by atoms with Crippen LogP contribution in [0.3, 0.4) is 0 Å². The van der Waals surface area contributed by atoms with Crippen LogP contribution in [0.5, 0.6) is 5.75 Å². The molecule has 1 aliphatic rings. The minimum atomic E-state index is -0.318. The first-order chi connectivity index (χ1) is 14.6. The Labute approximate surface area is 179 Å². The highest BCUT2D eigenvalue weighted by molar-refractivity contribution is 6.30. The molecule has 0 atom stereocenters. The van der Waals surface area contributed by atoms with Crippen molar-refractivity contribution in [1.82, 2.24) is 19.6 Å². The van der Waals surface area contributed by atoms with Crippen molar-refractivity contribution in [3.63, 3.8) is 0 Å². The highest BCUT2D eigenvalue weighted by atomic mass is 35.5. The predicted octanol–water partition coefficient (Wildman–Crippen LogP) is 3.67. The lowest BCUT2D eigenvalue weighted by Crippen LogP contribution is -2.48. The highest BCUT2D eigenvalue weighted by Gasteiger charge is 2.23. The SMILES string of the molecule is O=C(c1ccn(COc2ccc(F)cc2)n1)N1CCN(Cc2cccc(Cl)c2)CC1. The number of ether oxygens (including phenoxy) is 1. The molecule has 4 rings (SSSR count). The first kappa shape index (κ1) is 20.4. The standard InChI is InChI=1S/C22H22ClFN4O2/c23-18-3-1-2-17(14-18)15-26-10-12-27(13-11-26)22(29)21-8-9-28(25-21)16-30-20-6-4-19(24)5-7-20/h1-9,14H,10-13,15-16H2. The maximum absolute atomic E-state index is 12.9. The molecule has 0 bridgehead atoms. The number of nitrogens with zero attached hydrogens (tertiary/aromatic N) is 4. The van der Waals surface area contributed by atoms with Crippen LogP contribution in [0.4, 0.5) is 4.39 Å².